The zero-order chi connectivity index (χ0) is 8.27. The zero-order valence-electron chi connectivity index (χ0n) is 7.03. The molecule has 60 valence electrons. The molecule has 3 nitrogen and oxygen atoms in total. The van der Waals surface area contributed by atoms with E-state index in [1.165, 1.54) is 0 Å². The Morgan fingerprint density at radius 3 is 2.82 bits per heavy atom. The topological polar surface area (TPSA) is 35.0 Å². The Bertz CT molecular complexity index is 237. The van der Waals surface area contributed by atoms with Crippen LogP contribution >= 0.6 is 0 Å². The smallest absolute Gasteiger partial charge is 0.0981 e. The van der Waals surface area contributed by atoms with E-state index in [-0.39, 0.29) is 6.10 Å². The number of methoxy groups -OCH3 is 1. The SMILES string of the molecule is COC(C)c1cc(C)cnn1. The van der Waals surface area contributed by atoms with Crippen molar-refractivity contribution in [1.82, 2.24) is 10.2 Å². The lowest BCUT2D eigenvalue weighted by Gasteiger charge is -2.07. The van der Waals surface area contributed by atoms with Crippen LogP contribution < -0.4 is 0 Å². The first kappa shape index (κ1) is 8.14. The molecule has 0 fully saturated rings. The Balaban J connectivity index is 2.86. The van der Waals surface area contributed by atoms with Gasteiger partial charge in [-0.15, -0.1) is 0 Å². The molecule has 0 N–H and O–H groups in total. The van der Waals surface area contributed by atoms with Crippen molar-refractivity contribution in [2.24, 2.45) is 0 Å². The van der Waals surface area contributed by atoms with Crippen molar-refractivity contribution in [3.63, 3.8) is 0 Å². The fourth-order valence-corrected chi connectivity index (χ4v) is 0.805. The summed E-state index contributed by atoms with van der Waals surface area (Å²) >= 11 is 0. The molecule has 1 rings (SSSR count). The molecule has 0 spiro atoms. The number of hydrogen-bond acceptors (Lipinski definition) is 3. The molecule has 0 aromatic carbocycles. The van der Waals surface area contributed by atoms with Gasteiger partial charge in [0.1, 0.15) is 0 Å². The Hall–Kier alpha value is -0.960. The number of nitrogens with zero attached hydrogens (tertiary/aromatic N) is 2. The summed E-state index contributed by atoms with van der Waals surface area (Å²) in [5.74, 6) is 0. The molecule has 1 atom stereocenters. The molecule has 0 aliphatic rings. The molecule has 0 amide bonds. The van der Waals surface area contributed by atoms with Crippen LogP contribution in [0.1, 0.15) is 24.3 Å². The maximum absolute atomic E-state index is 5.09. The van der Waals surface area contributed by atoms with Crippen molar-refractivity contribution in [1.29, 1.82) is 0 Å². The van der Waals surface area contributed by atoms with Gasteiger partial charge in [0.05, 0.1) is 18.0 Å². The van der Waals surface area contributed by atoms with Crippen LogP contribution in [0, 0.1) is 6.92 Å². The first-order valence-corrected chi connectivity index (χ1v) is 3.56. The Labute approximate surface area is 66.4 Å². The Morgan fingerprint density at radius 1 is 1.55 bits per heavy atom. The molecular formula is C8H12N2O. The van der Waals surface area contributed by atoms with E-state index in [1.807, 2.05) is 19.9 Å². The molecule has 0 saturated heterocycles. The van der Waals surface area contributed by atoms with Crippen molar-refractivity contribution in [3.8, 4) is 0 Å². The van der Waals surface area contributed by atoms with Crippen molar-refractivity contribution < 1.29 is 4.74 Å². The van der Waals surface area contributed by atoms with Crippen LogP contribution in [0.4, 0.5) is 0 Å². The van der Waals surface area contributed by atoms with Crippen molar-refractivity contribution in [2.45, 2.75) is 20.0 Å². The van der Waals surface area contributed by atoms with E-state index in [4.69, 9.17) is 4.74 Å². The highest BCUT2D eigenvalue weighted by atomic mass is 16.5. The second kappa shape index (κ2) is 3.44. The molecule has 11 heavy (non-hydrogen) atoms. The third-order valence-corrected chi connectivity index (χ3v) is 1.58. The third-order valence-electron chi connectivity index (χ3n) is 1.58. The summed E-state index contributed by atoms with van der Waals surface area (Å²) < 4.78 is 5.09. The molecule has 0 aliphatic heterocycles. The van der Waals surface area contributed by atoms with E-state index in [9.17, 15) is 0 Å². The lowest BCUT2D eigenvalue weighted by molar-refractivity contribution is 0.115. The van der Waals surface area contributed by atoms with Gasteiger partial charge < -0.3 is 4.74 Å². The van der Waals surface area contributed by atoms with Gasteiger partial charge in [0.25, 0.3) is 0 Å². The van der Waals surface area contributed by atoms with E-state index in [1.54, 1.807) is 13.3 Å². The second-order valence-corrected chi connectivity index (χ2v) is 2.54. The molecule has 0 radical (unpaired) electrons. The first-order chi connectivity index (χ1) is 5.24. The normalized spacial score (nSPS) is 13.0. The van der Waals surface area contributed by atoms with E-state index >= 15 is 0 Å². The summed E-state index contributed by atoms with van der Waals surface area (Å²) in [5.41, 5.74) is 1.99. The number of ether oxygens (including phenoxy) is 1. The fourth-order valence-electron chi connectivity index (χ4n) is 0.805. The van der Waals surface area contributed by atoms with Gasteiger partial charge in [-0.2, -0.15) is 10.2 Å². The van der Waals surface area contributed by atoms with Crippen LogP contribution in [0.5, 0.6) is 0 Å². The van der Waals surface area contributed by atoms with Crippen LogP contribution in [0.15, 0.2) is 12.3 Å². The fraction of sp³-hybridized carbons (Fsp3) is 0.500. The van der Waals surface area contributed by atoms with Gasteiger partial charge in [-0.05, 0) is 25.5 Å². The van der Waals surface area contributed by atoms with Gasteiger partial charge in [0.2, 0.25) is 0 Å². The zero-order valence-corrected chi connectivity index (χ0v) is 7.03. The van der Waals surface area contributed by atoms with Gasteiger partial charge in [-0.3, -0.25) is 0 Å². The summed E-state index contributed by atoms with van der Waals surface area (Å²) in [7, 11) is 1.66. The average molecular weight is 152 g/mol. The molecule has 1 heterocycles. The minimum absolute atomic E-state index is 0.0300. The lowest BCUT2D eigenvalue weighted by Crippen LogP contribution is -2.00. The highest BCUT2D eigenvalue weighted by molar-refractivity contribution is 5.11. The summed E-state index contributed by atoms with van der Waals surface area (Å²) in [5, 5.41) is 7.76. The molecule has 0 bridgehead atoms. The van der Waals surface area contributed by atoms with Gasteiger partial charge in [0.15, 0.2) is 0 Å². The summed E-state index contributed by atoms with van der Waals surface area (Å²) in [4.78, 5) is 0. The monoisotopic (exact) mass is 152 g/mol. The van der Waals surface area contributed by atoms with Crippen LogP contribution in [0.3, 0.4) is 0 Å². The lowest BCUT2D eigenvalue weighted by atomic mass is 10.2. The molecule has 1 aromatic heterocycles. The van der Waals surface area contributed by atoms with Crippen molar-refractivity contribution in [3.05, 3.63) is 23.5 Å². The number of hydrogen-bond donors (Lipinski definition) is 0. The third kappa shape index (κ3) is 1.98. The molecule has 0 saturated carbocycles. The summed E-state index contributed by atoms with van der Waals surface area (Å²) in [6.45, 7) is 3.93. The molecular weight excluding hydrogens is 140 g/mol. The van der Waals surface area contributed by atoms with E-state index in [2.05, 4.69) is 10.2 Å². The Kier molecular flexibility index (Phi) is 2.54. The molecule has 1 aromatic rings. The van der Waals surface area contributed by atoms with E-state index in [0.29, 0.717) is 0 Å². The maximum atomic E-state index is 5.09. The highest BCUT2D eigenvalue weighted by Crippen LogP contribution is 2.11. The summed E-state index contributed by atoms with van der Waals surface area (Å²) in [6.07, 6.45) is 1.76. The highest BCUT2D eigenvalue weighted by Gasteiger charge is 2.04. The van der Waals surface area contributed by atoms with Crippen LogP contribution in [-0.4, -0.2) is 17.3 Å². The van der Waals surface area contributed by atoms with Crippen LogP contribution in [0.2, 0.25) is 0 Å². The molecule has 0 aliphatic carbocycles. The maximum Gasteiger partial charge on any atom is 0.0981 e. The van der Waals surface area contributed by atoms with Crippen LogP contribution in [-0.2, 0) is 4.74 Å². The minimum atomic E-state index is 0.0300. The van der Waals surface area contributed by atoms with Gasteiger partial charge in [-0.25, -0.2) is 0 Å². The molecule has 3 heteroatoms. The first-order valence-electron chi connectivity index (χ1n) is 3.56. The predicted molar refractivity (Wildman–Crippen MR) is 42.2 cm³/mol. The standard InChI is InChI=1S/C8H12N2O/c1-6-4-8(7(2)11-3)10-9-5-6/h4-5,7H,1-3H3. The van der Waals surface area contributed by atoms with Gasteiger partial charge >= 0.3 is 0 Å². The van der Waals surface area contributed by atoms with E-state index < -0.39 is 0 Å². The number of aromatic nitrogens is 2. The van der Waals surface area contributed by atoms with Crippen molar-refractivity contribution >= 4 is 0 Å². The Morgan fingerprint density at radius 2 is 2.27 bits per heavy atom. The largest absolute Gasteiger partial charge is 0.375 e. The molecule has 1 unspecified atom stereocenters. The van der Waals surface area contributed by atoms with Crippen LogP contribution in [0.25, 0.3) is 0 Å². The van der Waals surface area contributed by atoms with Gasteiger partial charge in [-0.1, -0.05) is 0 Å². The predicted octanol–water partition coefficient (Wildman–Crippen LogP) is 1.49. The quantitative estimate of drug-likeness (QED) is 0.644. The van der Waals surface area contributed by atoms with E-state index in [0.717, 1.165) is 11.3 Å². The average Bonchev–Trinajstić information content (AvgIpc) is 2.03. The van der Waals surface area contributed by atoms with Crippen molar-refractivity contribution in [2.75, 3.05) is 7.11 Å². The number of aryl methyl sites for hydroxylation is 1. The second-order valence-electron chi connectivity index (χ2n) is 2.54. The summed E-state index contributed by atoms with van der Waals surface area (Å²) in [6, 6.07) is 1.97. The number of rotatable bonds is 2. The van der Waals surface area contributed by atoms with Gasteiger partial charge in [0, 0.05) is 7.11 Å². The minimum Gasteiger partial charge on any atom is -0.375 e.